The highest BCUT2D eigenvalue weighted by atomic mass is 35.5. The Balaban J connectivity index is 1.85. The van der Waals surface area contributed by atoms with Crippen LogP contribution in [-0.4, -0.2) is 8.42 Å². The van der Waals surface area contributed by atoms with Gasteiger partial charge in [0.2, 0.25) is 0 Å². The lowest BCUT2D eigenvalue weighted by molar-refractivity contribution is 0.483. The zero-order chi connectivity index (χ0) is 19.6. The van der Waals surface area contributed by atoms with E-state index in [1.807, 2.05) is 0 Å². The molecule has 0 spiro atoms. The number of anilines is 1. The van der Waals surface area contributed by atoms with Crippen molar-refractivity contribution < 1.29 is 13.2 Å². The second kappa shape index (κ2) is 8.17. The molecule has 27 heavy (non-hydrogen) atoms. The topological polar surface area (TPSA) is 55.4 Å². The van der Waals surface area contributed by atoms with Crippen LogP contribution in [0.1, 0.15) is 0 Å². The summed E-state index contributed by atoms with van der Waals surface area (Å²) in [5.74, 6) is 0.452. The van der Waals surface area contributed by atoms with Crippen molar-refractivity contribution in [2.75, 3.05) is 4.72 Å². The van der Waals surface area contributed by atoms with Crippen LogP contribution in [0.3, 0.4) is 0 Å². The van der Waals surface area contributed by atoms with E-state index >= 15 is 0 Å². The Hall–Kier alpha value is -1.63. The molecular formula is C18H11Cl4NO3S. The van der Waals surface area contributed by atoms with Gasteiger partial charge in [0.05, 0.1) is 25.7 Å². The van der Waals surface area contributed by atoms with Gasteiger partial charge in [-0.1, -0.05) is 64.6 Å². The minimum absolute atomic E-state index is 0.140. The molecular weight excluding hydrogens is 452 g/mol. The molecule has 140 valence electrons. The summed E-state index contributed by atoms with van der Waals surface area (Å²) in [6.45, 7) is 0. The molecule has 0 saturated heterocycles. The van der Waals surface area contributed by atoms with Crippen molar-refractivity contribution in [1.29, 1.82) is 0 Å². The number of nitrogens with one attached hydrogen (secondary N) is 1. The molecule has 0 radical (unpaired) electrons. The van der Waals surface area contributed by atoms with E-state index in [2.05, 4.69) is 4.72 Å². The molecule has 0 heterocycles. The van der Waals surface area contributed by atoms with Gasteiger partial charge < -0.3 is 4.74 Å². The Kier molecular flexibility index (Phi) is 6.08. The zero-order valence-electron chi connectivity index (χ0n) is 13.4. The molecule has 0 atom stereocenters. The Morgan fingerprint density at radius 2 is 1.41 bits per heavy atom. The van der Waals surface area contributed by atoms with E-state index in [1.165, 1.54) is 42.5 Å². The molecule has 9 heteroatoms. The van der Waals surface area contributed by atoms with Gasteiger partial charge in [0.15, 0.2) is 5.75 Å². The summed E-state index contributed by atoms with van der Waals surface area (Å²) in [7, 11) is -3.73. The summed E-state index contributed by atoms with van der Waals surface area (Å²) in [6.07, 6.45) is 0. The molecule has 0 aliphatic carbocycles. The molecule has 3 rings (SSSR count). The molecule has 0 aromatic heterocycles. The van der Waals surface area contributed by atoms with Crippen LogP contribution in [0.2, 0.25) is 20.1 Å². The Morgan fingerprint density at radius 1 is 0.778 bits per heavy atom. The van der Waals surface area contributed by atoms with Crippen LogP contribution >= 0.6 is 46.4 Å². The van der Waals surface area contributed by atoms with Gasteiger partial charge >= 0.3 is 0 Å². The van der Waals surface area contributed by atoms with Gasteiger partial charge in [0.25, 0.3) is 10.0 Å². The molecule has 3 aromatic rings. The molecule has 1 N–H and O–H groups in total. The van der Waals surface area contributed by atoms with Crippen molar-refractivity contribution in [1.82, 2.24) is 0 Å². The molecule has 0 fully saturated rings. The van der Waals surface area contributed by atoms with Gasteiger partial charge in [-0.25, -0.2) is 8.42 Å². The number of hydrogen-bond acceptors (Lipinski definition) is 3. The van der Waals surface area contributed by atoms with E-state index in [1.54, 1.807) is 18.2 Å². The second-order valence-electron chi connectivity index (χ2n) is 5.36. The smallest absolute Gasteiger partial charge is 0.261 e. The van der Waals surface area contributed by atoms with Crippen molar-refractivity contribution in [3.05, 3.63) is 80.8 Å². The second-order valence-corrected chi connectivity index (χ2v) is 8.70. The van der Waals surface area contributed by atoms with Crippen LogP contribution in [0, 0.1) is 0 Å². The molecule has 4 nitrogen and oxygen atoms in total. The molecule has 0 unspecified atom stereocenters. The average molecular weight is 463 g/mol. The van der Waals surface area contributed by atoms with E-state index in [9.17, 15) is 8.42 Å². The van der Waals surface area contributed by atoms with E-state index in [0.29, 0.717) is 5.02 Å². The van der Waals surface area contributed by atoms with Gasteiger partial charge in [0, 0.05) is 5.02 Å². The number of ether oxygens (including phenoxy) is 1. The molecule has 0 aliphatic heterocycles. The first-order valence-electron chi connectivity index (χ1n) is 7.46. The molecule has 0 bridgehead atoms. The van der Waals surface area contributed by atoms with Crippen molar-refractivity contribution in [2.45, 2.75) is 4.90 Å². The fourth-order valence-corrected chi connectivity index (χ4v) is 4.38. The molecule has 0 amide bonds. The van der Waals surface area contributed by atoms with Crippen LogP contribution in [0.25, 0.3) is 0 Å². The Bertz CT molecular complexity index is 1070. The number of benzene rings is 3. The Morgan fingerprint density at radius 3 is 2.00 bits per heavy atom. The summed E-state index contributed by atoms with van der Waals surface area (Å²) >= 11 is 24.3. The van der Waals surface area contributed by atoms with E-state index < -0.39 is 10.0 Å². The lowest BCUT2D eigenvalue weighted by Gasteiger charge is -2.13. The normalized spacial score (nSPS) is 11.3. The number of hydrogen-bond donors (Lipinski definition) is 1. The third-order valence-electron chi connectivity index (χ3n) is 3.41. The largest absolute Gasteiger partial charge is 0.453 e. The fourth-order valence-electron chi connectivity index (χ4n) is 2.20. The highest BCUT2D eigenvalue weighted by Crippen LogP contribution is 2.41. The zero-order valence-corrected chi connectivity index (χ0v) is 17.3. The molecule has 0 aliphatic rings. The monoisotopic (exact) mass is 461 g/mol. The maximum absolute atomic E-state index is 12.4. The van der Waals surface area contributed by atoms with E-state index in [-0.39, 0.29) is 37.1 Å². The van der Waals surface area contributed by atoms with E-state index in [4.69, 9.17) is 51.1 Å². The highest BCUT2D eigenvalue weighted by Gasteiger charge is 2.16. The fraction of sp³-hybridized carbons (Fsp3) is 0. The first kappa shape index (κ1) is 20.1. The van der Waals surface area contributed by atoms with Crippen molar-refractivity contribution >= 4 is 62.1 Å². The third-order valence-corrected chi connectivity index (χ3v) is 5.88. The predicted octanol–water partition coefficient (Wildman–Crippen LogP) is 6.89. The van der Waals surface area contributed by atoms with Crippen molar-refractivity contribution in [3.8, 4) is 11.5 Å². The lowest BCUT2D eigenvalue weighted by Crippen LogP contribution is -2.12. The van der Waals surface area contributed by atoms with Gasteiger partial charge in [-0.15, -0.1) is 0 Å². The van der Waals surface area contributed by atoms with E-state index in [0.717, 1.165) is 0 Å². The lowest BCUT2D eigenvalue weighted by atomic mass is 10.3. The molecule has 3 aromatic carbocycles. The first-order chi connectivity index (χ1) is 12.8. The third kappa shape index (κ3) is 4.81. The summed E-state index contributed by atoms with van der Waals surface area (Å²) in [6, 6.07) is 15.4. The summed E-state index contributed by atoms with van der Waals surface area (Å²) < 4.78 is 32.9. The quantitative estimate of drug-likeness (QED) is 0.448. The number of rotatable bonds is 5. The molecule has 0 saturated carbocycles. The first-order valence-corrected chi connectivity index (χ1v) is 10.5. The standard InChI is InChI=1S/C18H11Cl4NO3S/c19-11-8-15(21)18(16(22)9-11)26-17-7-6-12(10-14(17)20)23-27(24,25)13-4-2-1-3-5-13/h1-10,23H. The van der Waals surface area contributed by atoms with Crippen molar-refractivity contribution in [3.63, 3.8) is 0 Å². The summed E-state index contributed by atoms with van der Waals surface area (Å²) in [5, 5.41) is 0.981. The maximum Gasteiger partial charge on any atom is 0.261 e. The van der Waals surface area contributed by atoms with Gasteiger partial charge in [-0.3, -0.25) is 4.72 Å². The van der Waals surface area contributed by atoms with Gasteiger partial charge in [0.1, 0.15) is 5.75 Å². The number of halogens is 4. The van der Waals surface area contributed by atoms with Crippen LogP contribution in [0.4, 0.5) is 5.69 Å². The SMILES string of the molecule is O=S(=O)(Nc1ccc(Oc2c(Cl)cc(Cl)cc2Cl)c(Cl)c1)c1ccccc1. The van der Waals surface area contributed by atoms with Gasteiger partial charge in [-0.2, -0.15) is 0 Å². The van der Waals surface area contributed by atoms with Crippen molar-refractivity contribution in [2.24, 2.45) is 0 Å². The Labute approximate surface area is 176 Å². The summed E-state index contributed by atoms with van der Waals surface area (Å²) in [4.78, 5) is 0.140. The summed E-state index contributed by atoms with van der Waals surface area (Å²) in [5.41, 5.74) is 0.282. The van der Waals surface area contributed by atoms with Crippen LogP contribution in [-0.2, 0) is 10.0 Å². The minimum atomic E-state index is -3.73. The number of sulfonamides is 1. The van der Waals surface area contributed by atoms with Gasteiger partial charge in [-0.05, 0) is 42.5 Å². The average Bonchev–Trinajstić information content (AvgIpc) is 2.60. The van der Waals surface area contributed by atoms with Crippen LogP contribution < -0.4 is 9.46 Å². The van der Waals surface area contributed by atoms with Crippen LogP contribution in [0.15, 0.2) is 65.6 Å². The van der Waals surface area contributed by atoms with Crippen LogP contribution in [0.5, 0.6) is 11.5 Å². The highest BCUT2D eigenvalue weighted by molar-refractivity contribution is 7.92. The minimum Gasteiger partial charge on any atom is -0.453 e. The maximum atomic E-state index is 12.4. The predicted molar refractivity (Wildman–Crippen MR) is 110 cm³/mol.